The summed E-state index contributed by atoms with van der Waals surface area (Å²) in [4.78, 5) is 10.8. The summed E-state index contributed by atoms with van der Waals surface area (Å²) in [6.07, 6.45) is -4.80. The van der Waals surface area contributed by atoms with Crippen molar-refractivity contribution in [1.82, 2.24) is 0 Å². The number of benzene rings is 1. The fraction of sp³-hybridized carbons (Fsp3) is 0.222. The number of rotatable bonds is 2. The third-order valence-corrected chi connectivity index (χ3v) is 1.74. The van der Waals surface area contributed by atoms with Crippen molar-refractivity contribution < 1.29 is 22.4 Å². The molecule has 7 heteroatoms. The number of halogens is 4. The Labute approximate surface area is 88.2 Å². The molecule has 0 aliphatic heterocycles. The van der Waals surface area contributed by atoms with Gasteiger partial charge in [0, 0.05) is 5.69 Å². The van der Waals surface area contributed by atoms with Gasteiger partial charge < -0.3 is 11.1 Å². The van der Waals surface area contributed by atoms with Crippen molar-refractivity contribution in [3.63, 3.8) is 0 Å². The van der Waals surface area contributed by atoms with Gasteiger partial charge >= 0.3 is 6.18 Å². The van der Waals surface area contributed by atoms with Crippen LogP contribution in [0.2, 0.25) is 0 Å². The molecule has 0 fully saturated rings. The van der Waals surface area contributed by atoms with Crippen molar-refractivity contribution in [2.75, 3.05) is 11.9 Å². The van der Waals surface area contributed by atoms with Gasteiger partial charge in [-0.25, -0.2) is 4.39 Å². The van der Waals surface area contributed by atoms with Gasteiger partial charge in [0.2, 0.25) is 5.91 Å². The zero-order valence-corrected chi connectivity index (χ0v) is 7.94. The molecule has 0 spiro atoms. The van der Waals surface area contributed by atoms with Gasteiger partial charge in [-0.15, -0.1) is 0 Å². The normalized spacial score (nSPS) is 11.3. The summed E-state index contributed by atoms with van der Waals surface area (Å²) in [6.45, 7) is -0.362. The zero-order chi connectivity index (χ0) is 12.3. The predicted octanol–water partition coefficient (Wildman–Crippen LogP) is 1.74. The van der Waals surface area contributed by atoms with E-state index in [1.807, 2.05) is 0 Å². The highest BCUT2D eigenvalue weighted by molar-refractivity contribution is 5.92. The molecule has 1 aromatic rings. The van der Waals surface area contributed by atoms with Crippen LogP contribution in [-0.4, -0.2) is 12.5 Å². The average molecular weight is 236 g/mol. The van der Waals surface area contributed by atoms with Crippen molar-refractivity contribution >= 4 is 11.6 Å². The number of alkyl halides is 3. The standard InChI is InChI=1S/C9H8F4N2O/c10-7-2-1-5(15-8(16)4-14)3-6(7)9(11,12)13/h1-3H,4,14H2,(H,15,16). The summed E-state index contributed by atoms with van der Waals surface area (Å²) >= 11 is 0. The van der Waals surface area contributed by atoms with E-state index in [0.717, 1.165) is 6.07 Å². The fourth-order valence-corrected chi connectivity index (χ4v) is 1.03. The summed E-state index contributed by atoms with van der Waals surface area (Å²) in [5, 5.41) is 2.10. The van der Waals surface area contributed by atoms with Gasteiger partial charge in [0.1, 0.15) is 5.82 Å². The van der Waals surface area contributed by atoms with E-state index in [1.165, 1.54) is 0 Å². The largest absolute Gasteiger partial charge is 0.419 e. The van der Waals surface area contributed by atoms with Crippen LogP contribution in [0.4, 0.5) is 23.2 Å². The topological polar surface area (TPSA) is 55.1 Å². The van der Waals surface area contributed by atoms with Gasteiger partial charge in [-0.3, -0.25) is 4.79 Å². The second-order valence-electron chi connectivity index (χ2n) is 2.94. The van der Waals surface area contributed by atoms with Crippen molar-refractivity contribution in [3.05, 3.63) is 29.6 Å². The maximum atomic E-state index is 12.8. The Morgan fingerprint density at radius 1 is 1.38 bits per heavy atom. The number of carbonyl (C=O) groups is 1. The quantitative estimate of drug-likeness (QED) is 0.768. The molecule has 0 bridgehead atoms. The van der Waals surface area contributed by atoms with Crippen LogP contribution in [0.5, 0.6) is 0 Å². The molecule has 0 saturated carbocycles. The van der Waals surface area contributed by atoms with E-state index < -0.39 is 23.5 Å². The highest BCUT2D eigenvalue weighted by Crippen LogP contribution is 2.32. The number of nitrogens with one attached hydrogen (secondary N) is 1. The van der Waals surface area contributed by atoms with Gasteiger partial charge in [-0.05, 0) is 18.2 Å². The Balaban J connectivity index is 3.03. The van der Waals surface area contributed by atoms with Crippen LogP contribution in [0, 0.1) is 5.82 Å². The van der Waals surface area contributed by atoms with E-state index in [1.54, 1.807) is 0 Å². The third kappa shape index (κ3) is 2.93. The van der Waals surface area contributed by atoms with Crippen LogP contribution in [0.3, 0.4) is 0 Å². The Morgan fingerprint density at radius 3 is 2.50 bits per heavy atom. The van der Waals surface area contributed by atoms with Crippen molar-refractivity contribution in [3.8, 4) is 0 Å². The maximum absolute atomic E-state index is 12.8. The number of amides is 1. The minimum atomic E-state index is -4.80. The highest BCUT2D eigenvalue weighted by Gasteiger charge is 2.34. The SMILES string of the molecule is NCC(=O)Nc1ccc(F)c(C(F)(F)F)c1. The molecule has 0 atom stereocenters. The first-order valence-electron chi connectivity index (χ1n) is 4.21. The molecule has 3 nitrogen and oxygen atoms in total. The summed E-state index contributed by atoms with van der Waals surface area (Å²) in [5.41, 5.74) is 3.39. The molecule has 16 heavy (non-hydrogen) atoms. The first-order valence-corrected chi connectivity index (χ1v) is 4.21. The first-order chi connectivity index (χ1) is 7.34. The Hall–Kier alpha value is -1.63. The molecule has 0 aliphatic rings. The Bertz CT molecular complexity index is 403. The summed E-state index contributed by atoms with van der Waals surface area (Å²) < 4.78 is 49.6. The molecule has 0 heterocycles. The lowest BCUT2D eigenvalue weighted by atomic mass is 10.2. The van der Waals surface area contributed by atoms with Crippen LogP contribution in [0.15, 0.2) is 18.2 Å². The Kier molecular flexibility index (Phi) is 3.48. The van der Waals surface area contributed by atoms with E-state index in [4.69, 9.17) is 5.73 Å². The molecule has 1 amide bonds. The number of hydrogen-bond acceptors (Lipinski definition) is 2. The highest BCUT2D eigenvalue weighted by atomic mass is 19.4. The van der Waals surface area contributed by atoms with Gasteiger partial charge in [0.15, 0.2) is 0 Å². The number of anilines is 1. The van der Waals surface area contributed by atoms with E-state index in [-0.39, 0.29) is 12.2 Å². The van der Waals surface area contributed by atoms with E-state index in [2.05, 4.69) is 5.32 Å². The van der Waals surface area contributed by atoms with Crippen LogP contribution in [-0.2, 0) is 11.0 Å². The van der Waals surface area contributed by atoms with E-state index >= 15 is 0 Å². The first kappa shape index (κ1) is 12.4. The summed E-state index contributed by atoms with van der Waals surface area (Å²) in [5.74, 6) is -2.04. The van der Waals surface area contributed by atoms with Gasteiger partial charge in [-0.1, -0.05) is 0 Å². The van der Waals surface area contributed by atoms with Crippen LogP contribution in [0.1, 0.15) is 5.56 Å². The number of nitrogens with two attached hydrogens (primary N) is 1. The molecule has 1 rings (SSSR count). The van der Waals surface area contributed by atoms with Crippen LogP contribution in [0.25, 0.3) is 0 Å². The van der Waals surface area contributed by atoms with Gasteiger partial charge in [0.05, 0.1) is 12.1 Å². The maximum Gasteiger partial charge on any atom is 0.419 e. The van der Waals surface area contributed by atoms with Crippen molar-refractivity contribution in [2.24, 2.45) is 5.73 Å². The molecule has 0 aromatic heterocycles. The Morgan fingerprint density at radius 2 is 2.00 bits per heavy atom. The monoisotopic (exact) mass is 236 g/mol. The molecule has 3 N–H and O–H groups in total. The number of hydrogen-bond donors (Lipinski definition) is 2. The predicted molar refractivity (Wildman–Crippen MR) is 49.1 cm³/mol. The molecule has 88 valence electrons. The second-order valence-corrected chi connectivity index (χ2v) is 2.94. The third-order valence-electron chi connectivity index (χ3n) is 1.74. The molecule has 1 aromatic carbocycles. The van der Waals surface area contributed by atoms with Crippen molar-refractivity contribution in [2.45, 2.75) is 6.18 Å². The summed E-state index contributed by atoms with van der Waals surface area (Å²) in [7, 11) is 0. The fourth-order valence-electron chi connectivity index (χ4n) is 1.03. The van der Waals surface area contributed by atoms with Crippen LogP contribution < -0.4 is 11.1 Å². The average Bonchev–Trinajstić information content (AvgIpc) is 2.19. The molecular formula is C9H8F4N2O. The van der Waals surface area contributed by atoms with Gasteiger partial charge in [-0.2, -0.15) is 13.2 Å². The van der Waals surface area contributed by atoms with Crippen molar-refractivity contribution in [1.29, 1.82) is 0 Å². The lowest BCUT2D eigenvalue weighted by Crippen LogP contribution is -2.22. The molecule has 0 radical (unpaired) electrons. The van der Waals surface area contributed by atoms with E-state index in [9.17, 15) is 22.4 Å². The van der Waals surface area contributed by atoms with Gasteiger partial charge in [0.25, 0.3) is 0 Å². The minimum absolute atomic E-state index is 0.149. The number of carbonyl (C=O) groups excluding carboxylic acids is 1. The molecular weight excluding hydrogens is 228 g/mol. The molecule has 0 aliphatic carbocycles. The lowest BCUT2D eigenvalue weighted by molar-refractivity contribution is -0.140. The minimum Gasteiger partial charge on any atom is -0.325 e. The smallest absolute Gasteiger partial charge is 0.325 e. The second kappa shape index (κ2) is 4.48. The molecule has 0 saturated heterocycles. The van der Waals surface area contributed by atoms with Crippen LogP contribution >= 0.6 is 0 Å². The zero-order valence-electron chi connectivity index (χ0n) is 7.94. The lowest BCUT2D eigenvalue weighted by Gasteiger charge is -2.10. The van der Waals surface area contributed by atoms with E-state index in [0.29, 0.717) is 12.1 Å². The molecule has 0 unspecified atom stereocenters. The summed E-state index contributed by atoms with van der Waals surface area (Å²) in [6, 6.07) is 2.18.